The molecular weight excluding hydrogens is 307 g/mol. The molecule has 0 heterocycles. The maximum Gasteiger partial charge on any atom is 0.442 e. The topological polar surface area (TPSA) is 57.6 Å². The lowest BCUT2D eigenvalue weighted by Crippen LogP contribution is -2.38. The van der Waals surface area contributed by atoms with Gasteiger partial charge in [0, 0.05) is 6.54 Å². The lowest BCUT2D eigenvalue weighted by molar-refractivity contribution is -0.143. The van der Waals surface area contributed by atoms with Crippen molar-refractivity contribution in [1.29, 1.82) is 0 Å². The minimum atomic E-state index is -4.51. The van der Waals surface area contributed by atoms with Crippen LogP contribution in [0.1, 0.15) is 5.56 Å². The quantitative estimate of drug-likeness (QED) is 0.838. The number of alkyl halides is 3. The van der Waals surface area contributed by atoms with E-state index in [1.54, 1.807) is 24.3 Å². The number of carbonyl (C=O) groups is 2. The van der Waals surface area contributed by atoms with E-state index in [1.807, 2.05) is 6.07 Å². The van der Waals surface area contributed by atoms with E-state index in [9.17, 15) is 22.8 Å². The first-order valence-electron chi connectivity index (χ1n) is 6.02. The van der Waals surface area contributed by atoms with Crippen molar-refractivity contribution in [2.24, 2.45) is 0 Å². The number of carbonyl (C=O) groups excluding carboxylic acids is 1. The number of carboxylic acid groups (broad SMARTS) is 1. The lowest BCUT2D eigenvalue weighted by Gasteiger charge is -2.21. The highest BCUT2D eigenvalue weighted by Gasteiger charge is 2.30. The largest absolute Gasteiger partial charge is 0.480 e. The fraction of sp³-hybridized carbons (Fsp3) is 0.385. The van der Waals surface area contributed by atoms with E-state index >= 15 is 0 Å². The zero-order valence-corrected chi connectivity index (χ0v) is 11.8. The summed E-state index contributed by atoms with van der Waals surface area (Å²) in [6, 6.07) is 8.99. The molecule has 0 aliphatic rings. The molecule has 8 heteroatoms. The van der Waals surface area contributed by atoms with Gasteiger partial charge in [0.1, 0.15) is 6.54 Å². The molecule has 0 aromatic heterocycles. The number of nitrogens with zero attached hydrogens (tertiary/aromatic N) is 1. The third-order valence-corrected chi connectivity index (χ3v) is 3.27. The molecule has 0 saturated heterocycles. The van der Waals surface area contributed by atoms with E-state index in [0.717, 1.165) is 10.5 Å². The van der Waals surface area contributed by atoms with Crippen molar-refractivity contribution in [3.8, 4) is 0 Å². The van der Waals surface area contributed by atoms with Gasteiger partial charge in [0.05, 0.1) is 5.75 Å². The molecule has 0 atom stereocenters. The first-order valence-corrected chi connectivity index (χ1v) is 7.00. The monoisotopic (exact) mass is 321 g/mol. The van der Waals surface area contributed by atoms with E-state index in [1.165, 1.54) is 0 Å². The molecule has 1 rings (SSSR count). The van der Waals surface area contributed by atoms with Gasteiger partial charge in [-0.25, -0.2) is 0 Å². The van der Waals surface area contributed by atoms with Crippen LogP contribution in [0.4, 0.5) is 13.2 Å². The summed E-state index contributed by atoms with van der Waals surface area (Å²) >= 11 is -0.465. The average Bonchev–Trinajstić information content (AvgIpc) is 2.40. The van der Waals surface area contributed by atoms with E-state index in [4.69, 9.17) is 5.11 Å². The molecule has 116 valence electrons. The van der Waals surface area contributed by atoms with Gasteiger partial charge in [0.25, 0.3) is 0 Å². The first kappa shape index (κ1) is 17.4. The van der Waals surface area contributed by atoms with Gasteiger partial charge in [-0.15, -0.1) is 0 Å². The molecule has 0 fully saturated rings. The predicted octanol–water partition coefficient (Wildman–Crippen LogP) is 2.40. The van der Waals surface area contributed by atoms with E-state index < -0.39 is 41.4 Å². The maximum atomic E-state index is 12.1. The maximum absolute atomic E-state index is 12.1. The molecular formula is C13H14F3NO3S. The fourth-order valence-electron chi connectivity index (χ4n) is 1.60. The number of benzene rings is 1. The standard InChI is InChI=1S/C13H14F3NO3S/c14-13(15,16)21-9-11(18)17(8-12(19)20)7-6-10-4-2-1-3-5-10/h1-5H,6-9H2,(H,19,20). The van der Waals surface area contributed by atoms with Gasteiger partial charge in [-0.3, -0.25) is 9.59 Å². The van der Waals surface area contributed by atoms with Crippen molar-refractivity contribution in [2.75, 3.05) is 18.8 Å². The van der Waals surface area contributed by atoms with Gasteiger partial charge < -0.3 is 10.0 Å². The molecule has 1 aromatic carbocycles. The van der Waals surface area contributed by atoms with Crippen LogP contribution >= 0.6 is 11.8 Å². The Bertz CT molecular complexity index is 479. The fourth-order valence-corrected chi connectivity index (χ4v) is 2.07. The highest BCUT2D eigenvalue weighted by atomic mass is 32.2. The van der Waals surface area contributed by atoms with Gasteiger partial charge >= 0.3 is 11.5 Å². The number of thioether (sulfide) groups is 1. The van der Waals surface area contributed by atoms with Crippen LogP contribution in [-0.2, 0) is 16.0 Å². The Morgan fingerprint density at radius 3 is 2.33 bits per heavy atom. The Kier molecular flexibility index (Phi) is 6.54. The molecule has 1 aromatic rings. The number of halogens is 3. The molecule has 0 aliphatic heterocycles. The van der Waals surface area contributed by atoms with Crippen LogP contribution < -0.4 is 0 Å². The van der Waals surface area contributed by atoms with Crippen molar-refractivity contribution < 1.29 is 27.9 Å². The van der Waals surface area contributed by atoms with Crippen LogP contribution in [0.3, 0.4) is 0 Å². The predicted molar refractivity (Wildman–Crippen MR) is 72.9 cm³/mol. The summed E-state index contributed by atoms with van der Waals surface area (Å²) in [6.07, 6.45) is 0.385. The smallest absolute Gasteiger partial charge is 0.442 e. The molecule has 0 aliphatic carbocycles. The summed E-state index contributed by atoms with van der Waals surface area (Å²) < 4.78 is 36.2. The molecule has 21 heavy (non-hydrogen) atoms. The zero-order valence-electron chi connectivity index (χ0n) is 11.0. The highest BCUT2D eigenvalue weighted by Crippen LogP contribution is 2.30. The molecule has 0 spiro atoms. The third kappa shape index (κ3) is 7.60. The van der Waals surface area contributed by atoms with Gasteiger partial charge in [0.2, 0.25) is 5.91 Å². The van der Waals surface area contributed by atoms with Crippen LogP contribution in [0.5, 0.6) is 0 Å². The molecule has 1 amide bonds. The third-order valence-electron chi connectivity index (χ3n) is 2.55. The summed E-state index contributed by atoms with van der Waals surface area (Å²) in [5.41, 5.74) is -3.63. The Labute approximate surface area is 123 Å². The average molecular weight is 321 g/mol. The molecule has 4 nitrogen and oxygen atoms in total. The number of rotatable bonds is 7. The molecule has 0 radical (unpaired) electrons. The van der Waals surface area contributed by atoms with Crippen LogP contribution in [-0.4, -0.2) is 46.2 Å². The summed E-state index contributed by atoms with van der Waals surface area (Å²) in [7, 11) is 0. The van der Waals surface area contributed by atoms with Crippen molar-refractivity contribution >= 4 is 23.6 Å². The number of hydrogen-bond donors (Lipinski definition) is 1. The van der Waals surface area contributed by atoms with Crippen LogP contribution in [0.15, 0.2) is 30.3 Å². The SMILES string of the molecule is O=C(O)CN(CCc1ccccc1)C(=O)CSC(F)(F)F. The van der Waals surface area contributed by atoms with Crippen molar-refractivity contribution in [3.05, 3.63) is 35.9 Å². The lowest BCUT2D eigenvalue weighted by atomic mass is 10.1. The molecule has 0 unspecified atom stereocenters. The second-order valence-corrected chi connectivity index (χ2v) is 5.22. The number of amides is 1. The summed E-state index contributed by atoms with van der Waals surface area (Å²) in [6.45, 7) is -0.544. The summed E-state index contributed by atoms with van der Waals surface area (Å²) in [4.78, 5) is 23.3. The van der Waals surface area contributed by atoms with Gasteiger partial charge in [-0.05, 0) is 23.7 Å². The Morgan fingerprint density at radius 2 is 1.81 bits per heavy atom. The number of carboxylic acids is 1. The molecule has 0 bridgehead atoms. The van der Waals surface area contributed by atoms with Crippen LogP contribution in [0.25, 0.3) is 0 Å². The van der Waals surface area contributed by atoms with E-state index in [0.29, 0.717) is 6.42 Å². The van der Waals surface area contributed by atoms with Crippen LogP contribution in [0, 0.1) is 0 Å². The van der Waals surface area contributed by atoms with Gasteiger partial charge in [-0.2, -0.15) is 13.2 Å². The van der Waals surface area contributed by atoms with Gasteiger partial charge in [0.15, 0.2) is 0 Å². The highest BCUT2D eigenvalue weighted by molar-refractivity contribution is 8.00. The summed E-state index contributed by atoms with van der Waals surface area (Å²) in [5, 5.41) is 8.74. The molecule has 1 N–H and O–H groups in total. The Hall–Kier alpha value is -1.70. The van der Waals surface area contributed by atoms with Crippen molar-refractivity contribution in [2.45, 2.75) is 11.9 Å². The Morgan fingerprint density at radius 1 is 1.19 bits per heavy atom. The number of aliphatic carboxylic acids is 1. The van der Waals surface area contributed by atoms with Gasteiger partial charge in [-0.1, -0.05) is 30.3 Å². The normalized spacial score (nSPS) is 11.2. The van der Waals surface area contributed by atoms with E-state index in [2.05, 4.69) is 0 Å². The van der Waals surface area contributed by atoms with Crippen LogP contribution in [0.2, 0.25) is 0 Å². The zero-order chi connectivity index (χ0) is 15.9. The Balaban J connectivity index is 2.58. The minimum absolute atomic E-state index is 0.0631. The second-order valence-electron chi connectivity index (χ2n) is 4.18. The second kappa shape index (κ2) is 7.92. The minimum Gasteiger partial charge on any atom is -0.480 e. The number of hydrogen-bond acceptors (Lipinski definition) is 3. The van der Waals surface area contributed by atoms with Crippen molar-refractivity contribution in [3.63, 3.8) is 0 Å². The van der Waals surface area contributed by atoms with Crippen molar-refractivity contribution in [1.82, 2.24) is 4.90 Å². The molecule has 0 saturated carbocycles. The summed E-state index contributed by atoms with van der Waals surface area (Å²) in [5.74, 6) is -2.91. The first-order chi connectivity index (χ1) is 9.78. The van der Waals surface area contributed by atoms with E-state index in [-0.39, 0.29) is 6.54 Å².